The highest BCUT2D eigenvalue weighted by molar-refractivity contribution is 5.75. The summed E-state index contributed by atoms with van der Waals surface area (Å²) >= 11 is 0. The fourth-order valence-corrected chi connectivity index (χ4v) is 1.96. The van der Waals surface area contributed by atoms with Crippen LogP contribution in [0.3, 0.4) is 0 Å². The Kier molecular flexibility index (Phi) is 3.75. The van der Waals surface area contributed by atoms with E-state index in [4.69, 9.17) is 5.73 Å². The van der Waals surface area contributed by atoms with E-state index in [9.17, 15) is 4.79 Å². The van der Waals surface area contributed by atoms with Gasteiger partial charge >= 0.3 is 6.03 Å². The van der Waals surface area contributed by atoms with Gasteiger partial charge in [-0.2, -0.15) is 0 Å². The van der Waals surface area contributed by atoms with E-state index < -0.39 is 0 Å². The predicted molar refractivity (Wildman–Crippen MR) is 73.1 cm³/mol. The molecule has 1 saturated carbocycles. The van der Waals surface area contributed by atoms with Crippen molar-refractivity contribution in [3.63, 3.8) is 0 Å². The van der Waals surface area contributed by atoms with E-state index in [0.717, 1.165) is 30.6 Å². The van der Waals surface area contributed by atoms with Crippen LogP contribution in [0.15, 0.2) is 24.3 Å². The van der Waals surface area contributed by atoms with E-state index >= 15 is 0 Å². The lowest BCUT2D eigenvalue weighted by Gasteiger charge is -2.28. The van der Waals surface area contributed by atoms with Crippen molar-refractivity contribution >= 4 is 11.7 Å². The van der Waals surface area contributed by atoms with Gasteiger partial charge in [-0.15, -0.1) is 0 Å². The number of amides is 2. The van der Waals surface area contributed by atoms with Gasteiger partial charge in [0.2, 0.25) is 0 Å². The van der Waals surface area contributed by atoms with Crippen molar-refractivity contribution in [1.82, 2.24) is 9.80 Å². The van der Waals surface area contributed by atoms with Crippen LogP contribution in [-0.4, -0.2) is 35.5 Å². The third-order valence-corrected chi connectivity index (χ3v) is 3.43. The number of benzene rings is 1. The second-order valence-electron chi connectivity index (χ2n) is 4.85. The predicted octanol–water partition coefficient (Wildman–Crippen LogP) is 2.30. The van der Waals surface area contributed by atoms with Gasteiger partial charge in [-0.25, -0.2) is 4.79 Å². The van der Waals surface area contributed by atoms with Gasteiger partial charge < -0.3 is 15.5 Å². The zero-order valence-corrected chi connectivity index (χ0v) is 11.1. The minimum absolute atomic E-state index is 0.100. The highest BCUT2D eigenvalue weighted by atomic mass is 16.2. The maximum Gasteiger partial charge on any atom is 0.320 e. The van der Waals surface area contributed by atoms with E-state index in [1.807, 2.05) is 43.1 Å². The van der Waals surface area contributed by atoms with Gasteiger partial charge in [0.1, 0.15) is 0 Å². The molecule has 1 aromatic carbocycles. The number of nitrogens with zero attached hydrogens (tertiary/aromatic N) is 2. The third-order valence-electron chi connectivity index (χ3n) is 3.43. The monoisotopic (exact) mass is 247 g/mol. The zero-order valence-electron chi connectivity index (χ0n) is 11.1. The SMILES string of the molecule is CCN(C)C(=O)N(Cc1ccccc1N)C1CC1. The molecule has 0 aromatic heterocycles. The Bertz CT molecular complexity index is 429. The number of hydrogen-bond donors (Lipinski definition) is 1. The number of carbonyl (C=O) groups is 1. The Labute approximate surface area is 108 Å². The van der Waals surface area contributed by atoms with Crippen LogP contribution in [0.1, 0.15) is 25.3 Å². The summed E-state index contributed by atoms with van der Waals surface area (Å²) in [7, 11) is 1.84. The van der Waals surface area contributed by atoms with E-state index in [1.54, 1.807) is 4.90 Å². The number of nitrogen functional groups attached to an aromatic ring is 1. The minimum Gasteiger partial charge on any atom is -0.398 e. The molecule has 0 radical (unpaired) electrons. The van der Waals surface area contributed by atoms with E-state index in [-0.39, 0.29) is 6.03 Å². The molecule has 2 amide bonds. The lowest BCUT2D eigenvalue weighted by atomic mass is 10.1. The Morgan fingerprint density at radius 3 is 2.61 bits per heavy atom. The van der Waals surface area contributed by atoms with Crippen LogP contribution in [0.2, 0.25) is 0 Å². The summed E-state index contributed by atoms with van der Waals surface area (Å²) in [5.41, 5.74) is 7.74. The lowest BCUT2D eigenvalue weighted by molar-refractivity contribution is 0.159. The van der Waals surface area contributed by atoms with Gasteiger partial charge in [0.05, 0.1) is 0 Å². The van der Waals surface area contributed by atoms with Gasteiger partial charge in [0.25, 0.3) is 0 Å². The van der Waals surface area contributed by atoms with Crippen molar-refractivity contribution in [1.29, 1.82) is 0 Å². The number of para-hydroxylation sites is 1. The largest absolute Gasteiger partial charge is 0.398 e. The zero-order chi connectivity index (χ0) is 13.1. The van der Waals surface area contributed by atoms with Gasteiger partial charge in [-0.05, 0) is 31.4 Å². The van der Waals surface area contributed by atoms with E-state index in [0.29, 0.717) is 12.6 Å². The maximum absolute atomic E-state index is 12.3. The first-order valence-corrected chi connectivity index (χ1v) is 6.48. The Morgan fingerprint density at radius 1 is 1.39 bits per heavy atom. The molecule has 1 fully saturated rings. The number of nitrogens with two attached hydrogens (primary N) is 1. The molecule has 0 heterocycles. The second kappa shape index (κ2) is 5.29. The molecular formula is C14H21N3O. The summed E-state index contributed by atoms with van der Waals surface area (Å²) in [5.74, 6) is 0. The second-order valence-corrected chi connectivity index (χ2v) is 4.85. The molecular weight excluding hydrogens is 226 g/mol. The fourth-order valence-electron chi connectivity index (χ4n) is 1.96. The first-order valence-electron chi connectivity index (χ1n) is 6.48. The van der Waals surface area contributed by atoms with Crippen LogP contribution in [0.5, 0.6) is 0 Å². The van der Waals surface area contributed by atoms with Crippen molar-refractivity contribution in [3.05, 3.63) is 29.8 Å². The molecule has 2 N–H and O–H groups in total. The number of anilines is 1. The van der Waals surface area contributed by atoms with Crippen molar-refractivity contribution < 1.29 is 4.79 Å². The number of carbonyl (C=O) groups excluding carboxylic acids is 1. The fraction of sp³-hybridized carbons (Fsp3) is 0.500. The molecule has 98 valence electrons. The van der Waals surface area contributed by atoms with Crippen LogP contribution < -0.4 is 5.73 Å². The summed E-state index contributed by atoms with van der Waals surface area (Å²) in [6.07, 6.45) is 2.21. The van der Waals surface area contributed by atoms with Gasteiger partial charge in [0, 0.05) is 31.9 Å². The highest BCUT2D eigenvalue weighted by Crippen LogP contribution is 2.30. The summed E-state index contributed by atoms with van der Waals surface area (Å²) < 4.78 is 0. The summed E-state index contributed by atoms with van der Waals surface area (Å²) in [6.45, 7) is 3.33. The van der Waals surface area contributed by atoms with Crippen molar-refractivity contribution in [2.24, 2.45) is 0 Å². The van der Waals surface area contributed by atoms with Gasteiger partial charge in [-0.1, -0.05) is 18.2 Å². The van der Waals surface area contributed by atoms with Crippen LogP contribution >= 0.6 is 0 Å². The molecule has 0 atom stereocenters. The molecule has 0 unspecified atom stereocenters. The smallest absolute Gasteiger partial charge is 0.320 e. The van der Waals surface area contributed by atoms with Gasteiger partial charge in [0.15, 0.2) is 0 Å². The standard InChI is InChI=1S/C14H21N3O/c1-3-16(2)14(18)17(12-8-9-12)10-11-6-4-5-7-13(11)15/h4-7,12H,3,8-10,15H2,1-2H3. The molecule has 1 aliphatic carbocycles. The molecule has 4 nitrogen and oxygen atoms in total. The highest BCUT2D eigenvalue weighted by Gasteiger charge is 2.33. The van der Waals surface area contributed by atoms with Gasteiger partial charge in [-0.3, -0.25) is 0 Å². The number of hydrogen-bond acceptors (Lipinski definition) is 2. The first-order chi connectivity index (χ1) is 8.63. The average molecular weight is 247 g/mol. The van der Waals surface area contributed by atoms with Crippen LogP contribution in [0, 0.1) is 0 Å². The molecule has 4 heteroatoms. The number of urea groups is 1. The average Bonchev–Trinajstić information content (AvgIpc) is 3.20. The Hall–Kier alpha value is -1.71. The molecule has 2 rings (SSSR count). The summed E-state index contributed by atoms with van der Waals surface area (Å²) in [4.78, 5) is 16.0. The van der Waals surface area contributed by atoms with Crippen LogP contribution in [-0.2, 0) is 6.54 Å². The van der Waals surface area contributed by atoms with Crippen LogP contribution in [0.25, 0.3) is 0 Å². The number of rotatable bonds is 4. The quantitative estimate of drug-likeness (QED) is 0.830. The first kappa shape index (κ1) is 12.7. The maximum atomic E-state index is 12.3. The lowest BCUT2D eigenvalue weighted by Crippen LogP contribution is -2.42. The molecule has 1 aliphatic rings. The van der Waals surface area contributed by atoms with Crippen molar-refractivity contribution in [3.8, 4) is 0 Å². The molecule has 1 aromatic rings. The topological polar surface area (TPSA) is 49.6 Å². The molecule has 0 saturated heterocycles. The molecule has 0 spiro atoms. The molecule has 0 aliphatic heterocycles. The van der Waals surface area contributed by atoms with Crippen LogP contribution in [0.4, 0.5) is 10.5 Å². The van der Waals surface area contributed by atoms with E-state index in [2.05, 4.69) is 0 Å². The Balaban J connectivity index is 2.12. The van der Waals surface area contributed by atoms with Crippen molar-refractivity contribution in [2.75, 3.05) is 19.3 Å². The summed E-state index contributed by atoms with van der Waals surface area (Å²) in [6, 6.07) is 8.25. The van der Waals surface area contributed by atoms with E-state index in [1.165, 1.54) is 0 Å². The molecule has 18 heavy (non-hydrogen) atoms. The van der Waals surface area contributed by atoms with Crippen molar-refractivity contribution in [2.45, 2.75) is 32.4 Å². The Morgan fingerprint density at radius 2 is 2.06 bits per heavy atom. The third kappa shape index (κ3) is 2.75. The normalized spacial score (nSPS) is 14.3. The summed E-state index contributed by atoms with van der Waals surface area (Å²) in [5, 5.41) is 0. The minimum atomic E-state index is 0.100. The molecule has 0 bridgehead atoms.